The van der Waals surface area contributed by atoms with Gasteiger partial charge in [0.2, 0.25) is 0 Å². The molecule has 2 aliphatic rings. The van der Waals surface area contributed by atoms with Gasteiger partial charge in [0, 0.05) is 51.9 Å². The molecule has 1 aromatic rings. The molecular weight excluding hydrogens is 388 g/mol. The minimum absolute atomic E-state index is 0.168. The standard InChI is InChI=1S/C17H27FN5O4P/c1-13(27-28(26,21-7-8-21)22-9-10-22)14-11-16(20(4)6-5-19(2)3)17(23(24)25)12-15(14)18/h11-13H,5-10H2,1-4H3. The van der Waals surface area contributed by atoms with E-state index in [1.165, 1.54) is 6.07 Å². The molecule has 1 aromatic carbocycles. The zero-order valence-electron chi connectivity index (χ0n) is 16.7. The van der Waals surface area contributed by atoms with Crippen molar-refractivity contribution >= 4 is 19.0 Å². The van der Waals surface area contributed by atoms with Crippen LogP contribution in [0.4, 0.5) is 15.8 Å². The van der Waals surface area contributed by atoms with E-state index in [1.807, 2.05) is 19.0 Å². The zero-order chi connectivity index (χ0) is 20.6. The molecule has 0 spiro atoms. The molecule has 1 unspecified atom stereocenters. The molecule has 156 valence electrons. The predicted molar refractivity (Wildman–Crippen MR) is 105 cm³/mol. The highest BCUT2D eigenvalue weighted by atomic mass is 31.2. The molecule has 28 heavy (non-hydrogen) atoms. The van der Waals surface area contributed by atoms with Crippen molar-refractivity contribution in [2.75, 3.05) is 65.3 Å². The highest BCUT2D eigenvalue weighted by molar-refractivity contribution is 7.54. The highest BCUT2D eigenvalue weighted by Gasteiger charge is 2.50. The molecule has 2 heterocycles. The Bertz CT molecular complexity index is 784. The molecule has 0 N–H and O–H groups in total. The molecule has 9 nitrogen and oxygen atoms in total. The minimum Gasteiger partial charge on any atom is -0.368 e. The highest BCUT2D eigenvalue weighted by Crippen LogP contribution is 2.63. The van der Waals surface area contributed by atoms with Crippen LogP contribution in [0.15, 0.2) is 12.1 Å². The van der Waals surface area contributed by atoms with Gasteiger partial charge in [-0.25, -0.2) is 13.7 Å². The number of nitro groups is 1. The molecule has 0 saturated carbocycles. The smallest absolute Gasteiger partial charge is 0.346 e. The van der Waals surface area contributed by atoms with E-state index in [0.717, 1.165) is 6.07 Å². The number of rotatable bonds is 10. The third-order valence-corrected chi connectivity index (χ3v) is 7.70. The Balaban J connectivity index is 1.88. The average Bonchev–Trinajstić information content (AvgIpc) is 3.48. The third-order valence-electron chi connectivity index (χ3n) is 4.88. The van der Waals surface area contributed by atoms with Gasteiger partial charge in [0.15, 0.2) is 0 Å². The maximum absolute atomic E-state index is 14.7. The normalized spacial score (nSPS) is 18.4. The van der Waals surface area contributed by atoms with Crippen molar-refractivity contribution in [2.45, 2.75) is 13.0 Å². The van der Waals surface area contributed by atoms with E-state index in [9.17, 15) is 19.1 Å². The number of hydrogen-bond donors (Lipinski definition) is 0. The molecular formula is C17H27FN5O4P. The van der Waals surface area contributed by atoms with Crippen LogP contribution >= 0.6 is 7.67 Å². The van der Waals surface area contributed by atoms with E-state index >= 15 is 0 Å². The number of nitrogens with zero attached hydrogens (tertiary/aromatic N) is 5. The van der Waals surface area contributed by atoms with Crippen molar-refractivity contribution in [3.63, 3.8) is 0 Å². The number of likely N-dealkylation sites (N-methyl/N-ethyl adjacent to an activating group) is 2. The van der Waals surface area contributed by atoms with Crippen molar-refractivity contribution < 1.29 is 18.4 Å². The van der Waals surface area contributed by atoms with Crippen molar-refractivity contribution in [1.29, 1.82) is 0 Å². The van der Waals surface area contributed by atoms with Crippen LogP contribution in [0.25, 0.3) is 0 Å². The summed E-state index contributed by atoms with van der Waals surface area (Å²) >= 11 is 0. The quantitative estimate of drug-likeness (QED) is 0.250. The number of halogens is 1. The summed E-state index contributed by atoms with van der Waals surface area (Å²) < 4.78 is 37.3. The van der Waals surface area contributed by atoms with Crippen LogP contribution in [-0.2, 0) is 9.09 Å². The van der Waals surface area contributed by atoms with Gasteiger partial charge in [0.05, 0.1) is 17.1 Å². The number of nitro benzene ring substituents is 1. The number of hydrogen-bond acceptors (Lipinski definition) is 6. The molecule has 0 bridgehead atoms. The van der Waals surface area contributed by atoms with Gasteiger partial charge in [0.1, 0.15) is 11.5 Å². The van der Waals surface area contributed by atoms with Gasteiger partial charge in [0.25, 0.3) is 5.69 Å². The van der Waals surface area contributed by atoms with E-state index in [4.69, 9.17) is 4.52 Å². The van der Waals surface area contributed by atoms with Crippen LogP contribution in [-0.4, -0.2) is 79.6 Å². The van der Waals surface area contributed by atoms with Gasteiger partial charge < -0.3 is 9.80 Å². The topological polar surface area (TPSA) is 81.9 Å². The van der Waals surface area contributed by atoms with Crippen LogP contribution in [0.2, 0.25) is 0 Å². The van der Waals surface area contributed by atoms with Crippen molar-refractivity contribution in [3.05, 3.63) is 33.6 Å². The minimum atomic E-state index is -3.13. The molecule has 0 radical (unpaired) electrons. The maximum atomic E-state index is 14.7. The van der Waals surface area contributed by atoms with Gasteiger partial charge in [-0.15, -0.1) is 0 Å². The first-order valence-corrected chi connectivity index (χ1v) is 10.8. The SMILES string of the molecule is CC(OP(=O)(N1CC1)N1CC1)c1cc(N(C)CCN(C)C)c([N+](=O)[O-])cc1F. The fourth-order valence-electron chi connectivity index (χ4n) is 2.97. The van der Waals surface area contributed by atoms with Crippen LogP contribution in [0, 0.1) is 15.9 Å². The summed E-state index contributed by atoms with van der Waals surface area (Å²) in [5, 5.41) is 11.4. The average molecular weight is 415 g/mol. The second-order valence-corrected chi connectivity index (χ2v) is 9.81. The molecule has 1 atom stereocenters. The summed E-state index contributed by atoms with van der Waals surface area (Å²) in [5.74, 6) is -0.730. The Kier molecular flexibility index (Phi) is 6.07. The van der Waals surface area contributed by atoms with Gasteiger partial charge in [-0.05, 0) is 27.1 Å². The van der Waals surface area contributed by atoms with Crippen molar-refractivity contribution in [3.8, 4) is 0 Å². The lowest BCUT2D eigenvalue weighted by molar-refractivity contribution is -0.384. The first kappa shape index (κ1) is 21.1. The molecule has 0 amide bonds. The third kappa shape index (κ3) is 4.52. The first-order chi connectivity index (χ1) is 13.1. The number of anilines is 1. The summed E-state index contributed by atoms with van der Waals surface area (Å²) in [6.07, 6.45) is -0.797. The lowest BCUT2D eigenvalue weighted by atomic mass is 10.1. The first-order valence-electron chi connectivity index (χ1n) is 9.26. The zero-order valence-corrected chi connectivity index (χ0v) is 17.6. The number of benzene rings is 1. The fraction of sp³-hybridized carbons (Fsp3) is 0.647. The Labute approximate surface area is 164 Å². The van der Waals surface area contributed by atoms with Crippen LogP contribution < -0.4 is 4.90 Å². The van der Waals surface area contributed by atoms with Crippen molar-refractivity contribution in [2.24, 2.45) is 0 Å². The molecule has 0 aromatic heterocycles. The summed E-state index contributed by atoms with van der Waals surface area (Å²) in [7, 11) is 2.42. The maximum Gasteiger partial charge on any atom is 0.346 e. The van der Waals surface area contributed by atoms with E-state index in [0.29, 0.717) is 45.0 Å². The Morgan fingerprint density at radius 1 is 1.21 bits per heavy atom. The molecule has 3 rings (SSSR count). The second-order valence-electron chi connectivity index (χ2n) is 7.49. The fourth-order valence-corrected chi connectivity index (χ4v) is 5.31. The van der Waals surface area contributed by atoms with Crippen molar-refractivity contribution in [1.82, 2.24) is 14.2 Å². The predicted octanol–water partition coefficient (Wildman–Crippen LogP) is 2.55. The van der Waals surface area contributed by atoms with Gasteiger partial charge in [-0.1, -0.05) is 0 Å². The monoisotopic (exact) mass is 415 g/mol. The van der Waals surface area contributed by atoms with Gasteiger partial charge in [-0.3, -0.25) is 19.2 Å². The van der Waals surface area contributed by atoms with E-state index in [1.54, 1.807) is 28.2 Å². The largest absolute Gasteiger partial charge is 0.368 e. The summed E-state index contributed by atoms with van der Waals surface area (Å²) in [5.41, 5.74) is 0.183. The molecule has 2 saturated heterocycles. The van der Waals surface area contributed by atoms with E-state index in [-0.39, 0.29) is 11.3 Å². The van der Waals surface area contributed by atoms with Crippen LogP contribution in [0.3, 0.4) is 0 Å². The Hall–Kier alpha value is -1.58. The molecule has 0 aliphatic carbocycles. The lowest BCUT2D eigenvalue weighted by Crippen LogP contribution is -2.29. The van der Waals surface area contributed by atoms with E-state index < -0.39 is 24.5 Å². The molecule has 2 aliphatic heterocycles. The van der Waals surface area contributed by atoms with Gasteiger partial charge in [-0.2, -0.15) is 0 Å². The summed E-state index contributed by atoms with van der Waals surface area (Å²) in [6.45, 7) is 5.64. The molecule has 11 heteroatoms. The van der Waals surface area contributed by atoms with Crippen LogP contribution in [0.1, 0.15) is 18.6 Å². The van der Waals surface area contributed by atoms with E-state index in [2.05, 4.69) is 0 Å². The summed E-state index contributed by atoms with van der Waals surface area (Å²) in [4.78, 5) is 14.5. The van der Waals surface area contributed by atoms with Crippen LogP contribution in [0.5, 0.6) is 0 Å². The summed E-state index contributed by atoms with van der Waals surface area (Å²) in [6, 6.07) is 2.37. The Morgan fingerprint density at radius 3 is 2.25 bits per heavy atom. The van der Waals surface area contributed by atoms with Gasteiger partial charge >= 0.3 is 7.67 Å². The Morgan fingerprint density at radius 2 is 1.79 bits per heavy atom. The second kappa shape index (κ2) is 8.04. The lowest BCUT2D eigenvalue weighted by Gasteiger charge is -2.26. The molecule has 2 fully saturated rings.